The number of aromatic nitrogens is 1. The summed E-state index contributed by atoms with van der Waals surface area (Å²) >= 11 is 0. The summed E-state index contributed by atoms with van der Waals surface area (Å²) in [4.78, 5) is 17.1. The van der Waals surface area contributed by atoms with Gasteiger partial charge in [-0.15, -0.1) is 0 Å². The van der Waals surface area contributed by atoms with Crippen molar-refractivity contribution in [1.82, 2.24) is 14.4 Å². The summed E-state index contributed by atoms with van der Waals surface area (Å²) in [7, 11) is 4.07. The maximum atomic E-state index is 12.8. The van der Waals surface area contributed by atoms with Crippen molar-refractivity contribution in [3.8, 4) is 0 Å². The fourth-order valence-electron chi connectivity index (χ4n) is 3.08. The van der Waals surface area contributed by atoms with Crippen molar-refractivity contribution < 1.29 is 4.79 Å². The zero-order valence-electron chi connectivity index (χ0n) is 12.3. The van der Waals surface area contributed by atoms with Gasteiger partial charge in [-0.25, -0.2) is 0 Å². The summed E-state index contributed by atoms with van der Waals surface area (Å²) in [5, 5.41) is 1.13. The van der Waals surface area contributed by atoms with E-state index in [2.05, 4.69) is 31.0 Å². The lowest BCUT2D eigenvalue weighted by molar-refractivity contribution is 0.0524. The minimum Gasteiger partial charge on any atom is -0.340 e. The van der Waals surface area contributed by atoms with Gasteiger partial charge < -0.3 is 14.4 Å². The van der Waals surface area contributed by atoms with Gasteiger partial charge >= 0.3 is 0 Å². The molecule has 0 saturated carbocycles. The van der Waals surface area contributed by atoms with Crippen LogP contribution in [0.25, 0.3) is 10.9 Å². The molecule has 0 bridgehead atoms. The Bertz CT molecular complexity index is 646. The number of carbonyl (C=O) groups is 1. The molecule has 1 unspecified atom stereocenters. The van der Waals surface area contributed by atoms with Crippen molar-refractivity contribution in [3.05, 3.63) is 36.0 Å². The number of amides is 1. The highest BCUT2D eigenvalue weighted by Gasteiger charge is 2.28. The third-order valence-corrected chi connectivity index (χ3v) is 4.26. The van der Waals surface area contributed by atoms with Crippen molar-refractivity contribution in [2.75, 3.05) is 26.7 Å². The van der Waals surface area contributed by atoms with E-state index in [1.165, 1.54) is 0 Å². The lowest BCUT2D eigenvalue weighted by Gasteiger charge is -2.38. The fraction of sp³-hybridized carbons (Fsp3) is 0.438. The number of benzene rings is 1. The Kier molecular flexibility index (Phi) is 3.26. The van der Waals surface area contributed by atoms with Crippen LogP contribution in [0, 0.1) is 0 Å². The van der Waals surface area contributed by atoms with Crippen LogP contribution < -0.4 is 0 Å². The van der Waals surface area contributed by atoms with Gasteiger partial charge in [0.2, 0.25) is 0 Å². The van der Waals surface area contributed by atoms with Gasteiger partial charge in [-0.05, 0) is 26.1 Å². The van der Waals surface area contributed by atoms with E-state index in [1.54, 1.807) is 0 Å². The normalized spacial score (nSPS) is 20.6. The number of piperazine rings is 1. The molecule has 1 fully saturated rings. The Balaban J connectivity index is 1.94. The second kappa shape index (κ2) is 4.94. The maximum absolute atomic E-state index is 12.8. The molecule has 106 valence electrons. The summed E-state index contributed by atoms with van der Waals surface area (Å²) in [6.45, 7) is 4.81. The first-order valence-corrected chi connectivity index (χ1v) is 7.12. The van der Waals surface area contributed by atoms with Crippen molar-refractivity contribution >= 4 is 16.8 Å². The predicted octanol–water partition coefficient (Wildman–Crippen LogP) is 1.95. The van der Waals surface area contributed by atoms with Gasteiger partial charge in [0.15, 0.2) is 0 Å². The molecule has 4 heteroatoms. The average molecular weight is 271 g/mol. The Morgan fingerprint density at radius 2 is 1.95 bits per heavy atom. The van der Waals surface area contributed by atoms with E-state index >= 15 is 0 Å². The molecule has 0 N–H and O–H groups in total. The second-order valence-corrected chi connectivity index (χ2v) is 5.76. The number of nitrogens with zero attached hydrogens (tertiary/aromatic N) is 3. The molecule has 1 saturated heterocycles. The topological polar surface area (TPSA) is 28.5 Å². The van der Waals surface area contributed by atoms with Crippen LogP contribution in [0.2, 0.25) is 0 Å². The number of para-hydroxylation sites is 1. The zero-order chi connectivity index (χ0) is 14.3. The Labute approximate surface area is 119 Å². The van der Waals surface area contributed by atoms with Crippen LogP contribution in [0.15, 0.2) is 30.3 Å². The number of rotatable bonds is 1. The van der Waals surface area contributed by atoms with Gasteiger partial charge in [0.05, 0.1) is 0 Å². The highest BCUT2D eigenvalue weighted by atomic mass is 16.2. The SMILES string of the molecule is CC1CN(C)CCN1C(=O)c1cc2ccccc2n1C. The highest BCUT2D eigenvalue weighted by Crippen LogP contribution is 2.21. The number of aryl methyl sites for hydroxylation is 1. The van der Waals surface area contributed by atoms with E-state index in [4.69, 9.17) is 0 Å². The van der Waals surface area contributed by atoms with Crippen LogP contribution in [0.5, 0.6) is 0 Å². The molecule has 1 aromatic carbocycles. The molecule has 2 aromatic rings. The minimum absolute atomic E-state index is 0.143. The quantitative estimate of drug-likeness (QED) is 0.793. The van der Waals surface area contributed by atoms with E-state index in [1.807, 2.05) is 34.7 Å². The van der Waals surface area contributed by atoms with Crippen molar-refractivity contribution in [3.63, 3.8) is 0 Å². The van der Waals surface area contributed by atoms with Gasteiger partial charge in [0.25, 0.3) is 5.91 Å². The van der Waals surface area contributed by atoms with E-state index in [-0.39, 0.29) is 11.9 Å². The van der Waals surface area contributed by atoms with Crippen molar-refractivity contribution in [2.24, 2.45) is 7.05 Å². The highest BCUT2D eigenvalue weighted by molar-refractivity contribution is 5.98. The van der Waals surface area contributed by atoms with Crippen LogP contribution in [-0.2, 0) is 7.05 Å². The molecule has 3 rings (SSSR count). The molecular formula is C16H21N3O. The first-order chi connectivity index (χ1) is 9.58. The lowest BCUT2D eigenvalue weighted by Crippen LogP contribution is -2.53. The van der Waals surface area contributed by atoms with E-state index in [0.29, 0.717) is 0 Å². The number of carbonyl (C=O) groups excluding carboxylic acids is 1. The molecule has 1 aliphatic rings. The third-order valence-electron chi connectivity index (χ3n) is 4.26. The maximum Gasteiger partial charge on any atom is 0.270 e. The van der Waals surface area contributed by atoms with Crippen LogP contribution >= 0.6 is 0 Å². The molecule has 1 aliphatic heterocycles. The Morgan fingerprint density at radius 3 is 2.65 bits per heavy atom. The Morgan fingerprint density at radius 1 is 1.20 bits per heavy atom. The molecule has 2 heterocycles. The fourth-order valence-corrected chi connectivity index (χ4v) is 3.08. The van der Waals surface area contributed by atoms with Gasteiger partial charge in [0.1, 0.15) is 5.69 Å². The largest absolute Gasteiger partial charge is 0.340 e. The predicted molar refractivity (Wildman–Crippen MR) is 80.9 cm³/mol. The Hall–Kier alpha value is -1.81. The number of hydrogen-bond acceptors (Lipinski definition) is 2. The molecule has 1 amide bonds. The number of likely N-dealkylation sites (N-methyl/N-ethyl adjacent to an activating group) is 1. The summed E-state index contributed by atoms with van der Waals surface area (Å²) in [5.41, 5.74) is 1.89. The first kappa shape index (κ1) is 13.2. The lowest BCUT2D eigenvalue weighted by atomic mass is 10.2. The second-order valence-electron chi connectivity index (χ2n) is 5.76. The van der Waals surface area contributed by atoms with E-state index < -0.39 is 0 Å². The molecule has 0 aliphatic carbocycles. The molecule has 20 heavy (non-hydrogen) atoms. The van der Waals surface area contributed by atoms with Crippen LogP contribution in [-0.4, -0.2) is 53.0 Å². The van der Waals surface area contributed by atoms with Crippen molar-refractivity contribution in [2.45, 2.75) is 13.0 Å². The minimum atomic E-state index is 0.143. The molecular weight excluding hydrogens is 250 g/mol. The molecule has 1 aromatic heterocycles. The monoisotopic (exact) mass is 271 g/mol. The molecule has 0 radical (unpaired) electrons. The van der Waals surface area contributed by atoms with Crippen LogP contribution in [0.1, 0.15) is 17.4 Å². The summed E-state index contributed by atoms with van der Waals surface area (Å²) in [5.74, 6) is 0.143. The molecule has 0 spiro atoms. The van der Waals surface area contributed by atoms with E-state index in [9.17, 15) is 4.79 Å². The van der Waals surface area contributed by atoms with Gasteiger partial charge in [-0.2, -0.15) is 0 Å². The van der Waals surface area contributed by atoms with Crippen molar-refractivity contribution in [1.29, 1.82) is 0 Å². The van der Waals surface area contributed by atoms with Crippen LogP contribution in [0.4, 0.5) is 0 Å². The average Bonchev–Trinajstić information content (AvgIpc) is 2.76. The number of fused-ring (bicyclic) bond motifs is 1. The smallest absolute Gasteiger partial charge is 0.270 e. The first-order valence-electron chi connectivity index (χ1n) is 7.12. The zero-order valence-corrected chi connectivity index (χ0v) is 12.3. The van der Waals surface area contributed by atoms with Gasteiger partial charge in [0, 0.05) is 43.6 Å². The summed E-state index contributed by atoms with van der Waals surface area (Å²) in [6.07, 6.45) is 0. The summed E-state index contributed by atoms with van der Waals surface area (Å²) in [6, 6.07) is 10.4. The van der Waals surface area contributed by atoms with Crippen LogP contribution in [0.3, 0.4) is 0 Å². The van der Waals surface area contributed by atoms with Gasteiger partial charge in [-0.1, -0.05) is 18.2 Å². The van der Waals surface area contributed by atoms with Gasteiger partial charge in [-0.3, -0.25) is 4.79 Å². The molecule has 1 atom stereocenters. The molecule has 4 nitrogen and oxygen atoms in total. The third kappa shape index (κ3) is 2.10. The van der Waals surface area contributed by atoms with E-state index in [0.717, 1.165) is 36.2 Å². The standard InChI is InChI=1S/C16H21N3O/c1-12-11-17(2)8-9-19(12)16(20)15-10-13-6-4-5-7-14(13)18(15)3/h4-7,10,12H,8-9,11H2,1-3H3. The number of hydrogen-bond donors (Lipinski definition) is 0. The summed E-state index contributed by atoms with van der Waals surface area (Å²) < 4.78 is 2.00.